The maximum Gasteiger partial charge on any atom is 0.263 e. The Bertz CT molecular complexity index is 1470. The topological polar surface area (TPSA) is 110 Å². The summed E-state index contributed by atoms with van der Waals surface area (Å²) in [6.45, 7) is 6.23. The second kappa shape index (κ2) is 8.28. The Morgan fingerprint density at radius 3 is 2.91 bits per heavy atom. The van der Waals surface area contributed by atoms with Crippen LogP contribution in [0.5, 0.6) is 5.88 Å². The Balaban J connectivity index is 1.30. The van der Waals surface area contributed by atoms with Crippen LogP contribution in [0.2, 0.25) is 0 Å². The number of nitrogens with one attached hydrogen (secondary N) is 3. The second-order valence-electron chi connectivity index (χ2n) is 9.33. The molecule has 0 bridgehead atoms. The Morgan fingerprint density at radius 2 is 2.11 bits per heavy atom. The summed E-state index contributed by atoms with van der Waals surface area (Å²) < 4.78 is 26.1. The Hall–Kier alpha value is -3.57. The average molecular weight is 495 g/mol. The fourth-order valence-electron chi connectivity index (χ4n) is 4.22. The second-order valence-corrected chi connectivity index (χ2v) is 10.4. The van der Waals surface area contributed by atoms with Crippen LogP contribution in [-0.4, -0.2) is 53.3 Å². The van der Waals surface area contributed by atoms with Crippen LogP contribution in [-0.2, 0) is 4.74 Å². The number of hydrogen-bond acceptors (Lipinski definition) is 9. The quantitative estimate of drug-likeness (QED) is 0.356. The van der Waals surface area contributed by atoms with Crippen LogP contribution in [0.1, 0.15) is 23.5 Å². The van der Waals surface area contributed by atoms with Crippen molar-refractivity contribution in [2.45, 2.75) is 19.9 Å². The Labute approximate surface area is 204 Å². The van der Waals surface area contributed by atoms with E-state index in [1.807, 2.05) is 32.0 Å². The van der Waals surface area contributed by atoms with Crippen molar-refractivity contribution in [3.8, 4) is 5.88 Å². The molecule has 4 aromatic rings. The zero-order valence-corrected chi connectivity index (χ0v) is 20.0. The van der Waals surface area contributed by atoms with Crippen molar-refractivity contribution in [3.05, 3.63) is 41.2 Å². The van der Waals surface area contributed by atoms with Crippen LogP contribution in [0.3, 0.4) is 0 Å². The number of fused-ring (bicyclic) bond motifs is 5. The van der Waals surface area contributed by atoms with E-state index in [1.54, 1.807) is 6.07 Å². The molecule has 6 rings (SSSR count). The minimum absolute atomic E-state index is 0.0334. The van der Waals surface area contributed by atoms with Gasteiger partial charge in [0.1, 0.15) is 10.7 Å². The lowest BCUT2D eigenvalue weighted by Crippen LogP contribution is -2.44. The van der Waals surface area contributed by atoms with Gasteiger partial charge in [0.05, 0.1) is 37.1 Å². The molecule has 2 aliphatic rings. The van der Waals surface area contributed by atoms with Crippen molar-refractivity contribution >= 4 is 55.7 Å². The van der Waals surface area contributed by atoms with E-state index in [0.29, 0.717) is 37.1 Å². The van der Waals surface area contributed by atoms with E-state index >= 15 is 0 Å². The number of hydrogen-bond donors (Lipinski definition) is 3. The number of rotatable bonds is 5. The standard InChI is InChI=1S/C24H23FN6O3S/c1-12-8-26-20-19-13-3-6-17(28-14(13)4-5-15(19)35-21(20)22(32)27-12)30-23-29-16(25)7-18(31-23)34-11-24(2)9-33-10-24/h3-7,12,26H,8-11H2,1-2H3,(H,27,32)(H,28,29,30,31)/t12-/m1/s1. The van der Waals surface area contributed by atoms with E-state index in [9.17, 15) is 9.18 Å². The molecule has 1 saturated heterocycles. The summed E-state index contributed by atoms with van der Waals surface area (Å²) in [6, 6.07) is 8.77. The summed E-state index contributed by atoms with van der Waals surface area (Å²) in [5.74, 6) is -0.101. The summed E-state index contributed by atoms with van der Waals surface area (Å²) in [5.41, 5.74) is 1.47. The number of thiophene rings is 1. The third-order valence-corrected chi connectivity index (χ3v) is 7.23. The molecule has 9 nitrogen and oxygen atoms in total. The van der Waals surface area contributed by atoms with Crippen molar-refractivity contribution in [1.29, 1.82) is 0 Å². The minimum Gasteiger partial charge on any atom is -0.477 e. The first-order valence-corrected chi connectivity index (χ1v) is 12.1. The molecular weight excluding hydrogens is 471 g/mol. The van der Waals surface area contributed by atoms with Crippen molar-refractivity contribution in [3.63, 3.8) is 0 Å². The maximum atomic E-state index is 14.1. The zero-order chi connectivity index (χ0) is 24.2. The molecule has 11 heteroatoms. The lowest BCUT2D eigenvalue weighted by molar-refractivity contribution is -0.120. The van der Waals surface area contributed by atoms with Crippen LogP contribution in [0.25, 0.3) is 21.0 Å². The molecule has 0 aliphatic carbocycles. The van der Waals surface area contributed by atoms with Gasteiger partial charge < -0.3 is 25.4 Å². The fraction of sp³-hybridized carbons (Fsp3) is 0.333. The highest BCUT2D eigenvalue weighted by molar-refractivity contribution is 7.21. The summed E-state index contributed by atoms with van der Waals surface area (Å²) in [5, 5.41) is 11.3. The molecule has 1 amide bonds. The Morgan fingerprint density at radius 1 is 1.26 bits per heavy atom. The van der Waals surface area contributed by atoms with E-state index < -0.39 is 5.95 Å². The molecule has 35 heavy (non-hydrogen) atoms. The van der Waals surface area contributed by atoms with E-state index in [2.05, 4.69) is 30.9 Å². The van der Waals surface area contributed by atoms with Crippen molar-refractivity contribution in [1.82, 2.24) is 20.3 Å². The van der Waals surface area contributed by atoms with Gasteiger partial charge in [-0.3, -0.25) is 4.79 Å². The fourth-order valence-corrected chi connectivity index (χ4v) is 5.32. The largest absolute Gasteiger partial charge is 0.477 e. The highest BCUT2D eigenvalue weighted by Gasteiger charge is 2.34. The van der Waals surface area contributed by atoms with Gasteiger partial charge in [-0.05, 0) is 31.2 Å². The number of benzene rings is 1. The van der Waals surface area contributed by atoms with Gasteiger partial charge in [0.15, 0.2) is 0 Å². The highest BCUT2D eigenvalue weighted by Crippen LogP contribution is 2.41. The van der Waals surface area contributed by atoms with Crippen LogP contribution in [0, 0.1) is 11.4 Å². The molecule has 3 aromatic heterocycles. The molecule has 1 fully saturated rings. The number of halogens is 1. The number of ether oxygens (including phenoxy) is 2. The first-order valence-electron chi connectivity index (χ1n) is 11.3. The summed E-state index contributed by atoms with van der Waals surface area (Å²) in [6.07, 6.45) is 0. The van der Waals surface area contributed by atoms with Gasteiger partial charge in [-0.1, -0.05) is 6.92 Å². The maximum absolute atomic E-state index is 14.1. The molecule has 1 atom stereocenters. The Kier molecular flexibility index (Phi) is 5.19. The van der Waals surface area contributed by atoms with Crippen molar-refractivity contribution < 1.29 is 18.7 Å². The van der Waals surface area contributed by atoms with Gasteiger partial charge in [0, 0.05) is 33.5 Å². The summed E-state index contributed by atoms with van der Waals surface area (Å²) >= 11 is 1.46. The number of aromatic nitrogens is 3. The zero-order valence-electron chi connectivity index (χ0n) is 19.1. The van der Waals surface area contributed by atoms with Crippen LogP contribution < -0.4 is 20.7 Å². The third kappa shape index (κ3) is 4.10. The van der Waals surface area contributed by atoms with Crippen LogP contribution >= 0.6 is 11.3 Å². The number of carbonyl (C=O) groups is 1. The molecule has 0 spiro atoms. The lowest BCUT2D eigenvalue weighted by atomic mass is 9.90. The summed E-state index contributed by atoms with van der Waals surface area (Å²) in [4.78, 5) is 26.1. The predicted molar refractivity (Wildman–Crippen MR) is 132 cm³/mol. The molecule has 2 aliphatic heterocycles. The molecule has 0 radical (unpaired) electrons. The third-order valence-electron chi connectivity index (χ3n) is 6.07. The highest BCUT2D eigenvalue weighted by atomic mass is 32.1. The van der Waals surface area contributed by atoms with E-state index in [1.165, 1.54) is 11.3 Å². The molecule has 0 saturated carbocycles. The SMILES string of the molecule is C[C@@H]1CNc2c(sc3ccc4nc(Nc5nc(F)cc(OCC6(C)COC6)n5)ccc4c23)C(=O)N1. The van der Waals surface area contributed by atoms with E-state index in [-0.39, 0.29) is 29.2 Å². The van der Waals surface area contributed by atoms with Crippen LogP contribution in [0.4, 0.5) is 21.8 Å². The number of carbonyl (C=O) groups excluding carboxylic acids is 1. The number of pyridine rings is 1. The van der Waals surface area contributed by atoms with Crippen molar-refractivity contribution in [2.24, 2.45) is 5.41 Å². The van der Waals surface area contributed by atoms with Gasteiger partial charge in [-0.25, -0.2) is 4.98 Å². The first kappa shape index (κ1) is 21.9. The number of amides is 1. The van der Waals surface area contributed by atoms with Crippen LogP contribution in [0.15, 0.2) is 30.3 Å². The van der Waals surface area contributed by atoms with Gasteiger partial charge in [0.25, 0.3) is 5.91 Å². The molecule has 180 valence electrons. The van der Waals surface area contributed by atoms with Crippen molar-refractivity contribution in [2.75, 3.05) is 37.0 Å². The molecular formula is C24H23FN6O3S. The smallest absolute Gasteiger partial charge is 0.263 e. The van der Waals surface area contributed by atoms with Gasteiger partial charge >= 0.3 is 0 Å². The molecule has 1 aromatic carbocycles. The normalized spacial score (nSPS) is 18.8. The van der Waals surface area contributed by atoms with Gasteiger partial charge in [-0.15, -0.1) is 11.3 Å². The van der Waals surface area contributed by atoms with Gasteiger partial charge in [0.2, 0.25) is 17.8 Å². The molecule has 5 heterocycles. The monoisotopic (exact) mass is 494 g/mol. The average Bonchev–Trinajstić information content (AvgIpc) is 3.12. The molecule has 0 unspecified atom stereocenters. The molecule has 3 N–H and O–H groups in total. The number of nitrogens with zero attached hydrogens (tertiary/aromatic N) is 3. The van der Waals surface area contributed by atoms with E-state index in [4.69, 9.17) is 9.47 Å². The number of anilines is 3. The predicted octanol–water partition coefficient (Wildman–Crippen LogP) is 4.08. The minimum atomic E-state index is -0.699. The summed E-state index contributed by atoms with van der Waals surface area (Å²) in [7, 11) is 0. The lowest BCUT2D eigenvalue weighted by Gasteiger charge is -2.37. The first-order chi connectivity index (χ1) is 16.9. The van der Waals surface area contributed by atoms with E-state index in [0.717, 1.165) is 32.7 Å². The van der Waals surface area contributed by atoms with Gasteiger partial charge in [-0.2, -0.15) is 14.4 Å².